The van der Waals surface area contributed by atoms with Crippen molar-refractivity contribution in [3.63, 3.8) is 0 Å². The van der Waals surface area contributed by atoms with Gasteiger partial charge in [-0.05, 0) is 42.7 Å². The van der Waals surface area contributed by atoms with E-state index in [2.05, 4.69) is 31.0 Å². The summed E-state index contributed by atoms with van der Waals surface area (Å²) in [6, 6.07) is 11.0. The third kappa shape index (κ3) is 3.78. The first kappa shape index (κ1) is 18.5. The minimum Gasteiger partial charge on any atom is -0.465 e. The molecule has 3 rings (SSSR count). The van der Waals surface area contributed by atoms with Gasteiger partial charge in [0.2, 0.25) is 5.91 Å². The second-order valence-corrected chi connectivity index (χ2v) is 6.99. The van der Waals surface area contributed by atoms with Gasteiger partial charge in [-0.1, -0.05) is 28.1 Å². The lowest BCUT2D eigenvalue weighted by Crippen LogP contribution is -2.45. The predicted octanol–water partition coefficient (Wildman–Crippen LogP) is 3.32. The lowest BCUT2D eigenvalue weighted by Gasteiger charge is -2.36. The number of methoxy groups -OCH3 is 1. The van der Waals surface area contributed by atoms with Gasteiger partial charge in [0.25, 0.3) is 0 Å². The third-order valence-electron chi connectivity index (χ3n) is 4.60. The maximum atomic E-state index is 13.1. The Bertz CT molecular complexity index is 784. The molecule has 7 heteroatoms. The van der Waals surface area contributed by atoms with Crippen molar-refractivity contribution in [1.82, 2.24) is 4.98 Å². The Balaban J connectivity index is 1.84. The molecule has 1 amide bonds. The van der Waals surface area contributed by atoms with Crippen LogP contribution in [0.1, 0.15) is 28.8 Å². The van der Waals surface area contributed by atoms with E-state index in [4.69, 9.17) is 4.74 Å². The molecule has 6 nitrogen and oxygen atoms in total. The average molecular weight is 419 g/mol. The number of amides is 1. The third-order valence-corrected chi connectivity index (χ3v) is 5.13. The highest BCUT2D eigenvalue weighted by Gasteiger charge is 2.41. The highest BCUT2D eigenvalue weighted by Crippen LogP contribution is 2.36. The average Bonchev–Trinajstić information content (AvgIpc) is 2.69. The van der Waals surface area contributed by atoms with Crippen LogP contribution in [0.25, 0.3) is 0 Å². The number of anilines is 1. The van der Waals surface area contributed by atoms with Gasteiger partial charge in [0.1, 0.15) is 5.82 Å². The van der Waals surface area contributed by atoms with Crippen molar-refractivity contribution in [3.05, 3.63) is 58.2 Å². The van der Waals surface area contributed by atoms with Crippen molar-refractivity contribution in [2.45, 2.75) is 18.3 Å². The number of aromatic nitrogens is 1. The number of ether oxygens (including phenoxy) is 2. The number of pyridine rings is 1. The van der Waals surface area contributed by atoms with Crippen molar-refractivity contribution in [3.8, 4) is 0 Å². The Morgan fingerprint density at radius 3 is 2.42 bits per heavy atom. The molecule has 0 radical (unpaired) electrons. The first-order valence-corrected chi connectivity index (χ1v) is 9.04. The fourth-order valence-corrected chi connectivity index (χ4v) is 3.34. The normalized spacial score (nSPS) is 15.9. The predicted molar refractivity (Wildman–Crippen MR) is 100 cm³/mol. The van der Waals surface area contributed by atoms with Crippen LogP contribution in [0.15, 0.2) is 47.1 Å². The summed E-state index contributed by atoms with van der Waals surface area (Å²) in [4.78, 5) is 28.8. The molecule has 1 N–H and O–H groups in total. The summed E-state index contributed by atoms with van der Waals surface area (Å²) in [6.45, 7) is 1.05. The molecular weight excluding hydrogens is 400 g/mol. The fraction of sp³-hybridized carbons (Fsp3) is 0.316. The van der Waals surface area contributed by atoms with Crippen molar-refractivity contribution in [2.75, 3.05) is 25.6 Å². The standard InChI is InChI=1S/C19H19BrN2O4/c1-25-17(23)13-2-7-16(21-12-13)22-18(24)19(8-10-26-11-9-19)14-3-5-15(20)6-4-14/h2-7,12H,8-11H2,1H3,(H,21,22,24). The quantitative estimate of drug-likeness (QED) is 0.770. The molecule has 0 saturated carbocycles. The zero-order chi connectivity index (χ0) is 18.6. The maximum Gasteiger partial charge on any atom is 0.339 e. The molecule has 0 atom stereocenters. The summed E-state index contributed by atoms with van der Waals surface area (Å²) in [5.41, 5.74) is 0.619. The van der Waals surface area contributed by atoms with E-state index in [0.717, 1.165) is 10.0 Å². The molecule has 2 aromatic rings. The zero-order valence-electron chi connectivity index (χ0n) is 14.3. The largest absolute Gasteiger partial charge is 0.465 e. The van der Waals surface area contributed by atoms with Gasteiger partial charge in [0.05, 0.1) is 18.1 Å². The van der Waals surface area contributed by atoms with Crippen molar-refractivity contribution in [1.29, 1.82) is 0 Å². The molecule has 0 aliphatic carbocycles. The van der Waals surface area contributed by atoms with Crippen LogP contribution in [0.5, 0.6) is 0 Å². The molecule has 0 bridgehead atoms. The van der Waals surface area contributed by atoms with Crippen LogP contribution in [0.3, 0.4) is 0 Å². The molecule has 26 heavy (non-hydrogen) atoms. The van der Waals surface area contributed by atoms with Gasteiger partial charge in [0, 0.05) is 23.9 Å². The Kier molecular flexibility index (Phi) is 5.68. The lowest BCUT2D eigenvalue weighted by atomic mass is 9.73. The van der Waals surface area contributed by atoms with Crippen molar-refractivity contribution >= 4 is 33.6 Å². The fourth-order valence-electron chi connectivity index (χ4n) is 3.08. The summed E-state index contributed by atoms with van der Waals surface area (Å²) < 4.78 is 11.1. The van der Waals surface area contributed by atoms with Crippen molar-refractivity contribution in [2.24, 2.45) is 0 Å². The summed E-state index contributed by atoms with van der Waals surface area (Å²) >= 11 is 3.43. The highest BCUT2D eigenvalue weighted by molar-refractivity contribution is 9.10. The first-order valence-electron chi connectivity index (χ1n) is 8.25. The minimum atomic E-state index is -0.665. The number of esters is 1. The molecule has 1 aliphatic rings. The van der Waals surface area contributed by atoms with E-state index >= 15 is 0 Å². The van der Waals surface area contributed by atoms with Crippen LogP contribution in [0.4, 0.5) is 5.82 Å². The van der Waals surface area contributed by atoms with E-state index in [9.17, 15) is 9.59 Å². The van der Waals surface area contributed by atoms with Crippen LogP contribution < -0.4 is 5.32 Å². The van der Waals surface area contributed by atoms with Crippen LogP contribution in [-0.4, -0.2) is 37.2 Å². The van der Waals surface area contributed by atoms with E-state index in [1.807, 2.05) is 24.3 Å². The lowest BCUT2D eigenvalue weighted by molar-refractivity contribution is -0.125. The number of hydrogen-bond acceptors (Lipinski definition) is 5. The van der Waals surface area contributed by atoms with Crippen LogP contribution in [-0.2, 0) is 19.7 Å². The summed E-state index contributed by atoms with van der Waals surface area (Å²) in [5, 5.41) is 2.88. The molecule has 1 aromatic heterocycles. The molecule has 1 aliphatic heterocycles. The van der Waals surface area contributed by atoms with Gasteiger partial charge in [-0.2, -0.15) is 0 Å². The monoisotopic (exact) mass is 418 g/mol. The van der Waals surface area contributed by atoms with E-state index in [1.165, 1.54) is 13.3 Å². The minimum absolute atomic E-state index is 0.124. The van der Waals surface area contributed by atoms with Gasteiger partial charge in [-0.3, -0.25) is 4.79 Å². The van der Waals surface area contributed by atoms with Crippen molar-refractivity contribution < 1.29 is 19.1 Å². The summed E-state index contributed by atoms with van der Waals surface area (Å²) in [6.07, 6.45) is 2.58. The van der Waals surface area contributed by atoms with E-state index in [1.54, 1.807) is 12.1 Å². The Morgan fingerprint density at radius 2 is 1.85 bits per heavy atom. The zero-order valence-corrected chi connectivity index (χ0v) is 15.9. The van der Waals surface area contributed by atoms with Gasteiger partial charge in [-0.25, -0.2) is 9.78 Å². The molecule has 1 aromatic carbocycles. The van der Waals surface area contributed by atoms with Gasteiger partial charge in [-0.15, -0.1) is 0 Å². The number of carbonyl (C=O) groups excluding carboxylic acids is 2. The topological polar surface area (TPSA) is 77.5 Å². The van der Waals surface area contributed by atoms with E-state index < -0.39 is 11.4 Å². The number of carbonyl (C=O) groups is 2. The Morgan fingerprint density at radius 1 is 1.15 bits per heavy atom. The number of nitrogens with zero attached hydrogens (tertiary/aromatic N) is 1. The SMILES string of the molecule is COC(=O)c1ccc(NC(=O)C2(c3ccc(Br)cc3)CCOCC2)nc1. The molecule has 1 saturated heterocycles. The molecule has 1 fully saturated rings. The molecular formula is C19H19BrN2O4. The number of rotatable bonds is 4. The number of benzene rings is 1. The van der Waals surface area contributed by atoms with Crippen LogP contribution in [0.2, 0.25) is 0 Å². The summed E-state index contributed by atoms with van der Waals surface area (Å²) in [5.74, 6) is -0.196. The second kappa shape index (κ2) is 7.97. The van der Waals surface area contributed by atoms with E-state index in [-0.39, 0.29) is 5.91 Å². The van der Waals surface area contributed by atoms with Gasteiger partial charge in [0.15, 0.2) is 0 Å². The second-order valence-electron chi connectivity index (χ2n) is 6.08. The number of nitrogens with one attached hydrogen (secondary N) is 1. The van der Waals surface area contributed by atoms with Gasteiger partial charge < -0.3 is 14.8 Å². The Hall–Kier alpha value is -2.25. The first-order chi connectivity index (χ1) is 12.5. The molecule has 0 spiro atoms. The maximum absolute atomic E-state index is 13.1. The Labute approximate surface area is 160 Å². The highest BCUT2D eigenvalue weighted by atomic mass is 79.9. The summed E-state index contributed by atoms with van der Waals surface area (Å²) in [7, 11) is 1.31. The van der Waals surface area contributed by atoms with Crippen LogP contribution >= 0.6 is 15.9 Å². The number of halogens is 1. The van der Waals surface area contributed by atoms with E-state index in [0.29, 0.717) is 37.4 Å². The number of hydrogen-bond donors (Lipinski definition) is 1. The van der Waals surface area contributed by atoms with Gasteiger partial charge >= 0.3 is 5.97 Å². The smallest absolute Gasteiger partial charge is 0.339 e. The van der Waals surface area contributed by atoms with Crippen LogP contribution in [0, 0.1) is 0 Å². The molecule has 136 valence electrons. The molecule has 2 heterocycles. The molecule has 0 unspecified atom stereocenters.